The van der Waals surface area contributed by atoms with E-state index in [-0.39, 0.29) is 4.90 Å². The molecule has 0 amide bonds. The van der Waals surface area contributed by atoms with Crippen LogP contribution in [0, 0.1) is 6.92 Å². The van der Waals surface area contributed by atoms with Gasteiger partial charge in [-0.25, -0.2) is 33.3 Å². The van der Waals surface area contributed by atoms with Gasteiger partial charge in [-0.1, -0.05) is 18.2 Å². The number of morpholine rings is 1. The number of aryl methyl sites for hydroxylation is 1. The second kappa shape index (κ2) is 10.4. The van der Waals surface area contributed by atoms with E-state index in [2.05, 4.69) is 30.2 Å². The number of sulfonamides is 1. The van der Waals surface area contributed by atoms with Crippen molar-refractivity contribution >= 4 is 21.7 Å². The summed E-state index contributed by atoms with van der Waals surface area (Å²) in [5.74, 6) is 2.29. The van der Waals surface area contributed by atoms with E-state index in [4.69, 9.17) is 4.74 Å². The predicted octanol–water partition coefficient (Wildman–Crippen LogP) is 2.99. The highest BCUT2D eigenvalue weighted by atomic mass is 32.2. The van der Waals surface area contributed by atoms with Gasteiger partial charge in [0.15, 0.2) is 5.82 Å². The molecule has 3 aromatic heterocycles. The fourth-order valence-electron chi connectivity index (χ4n) is 3.80. The van der Waals surface area contributed by atoms with Crippen LogP contribution in [0.3, 0.4) is 0 Å². The zero-order valence-corrected chi connectivity index (χ0v) is 20.5. The number of nitrogens with one attached hydrogen (secondary N) is 1. The highest BCUT2D eigenvalue weighted by Crippen LogP contribution is 2.20. The number of hydrogen-bond acceptors (Lipinski definition) is 9. The molecule has 36 heavy (non-hydrogen) atoms. The van der Waals surface area contributed by atoms with Gasteiger partial charge in [-0.2, -0.15) is 4.31 Å². The van der Waals surface area contributed by atoms with E-state index in [0.29, 0.717) is 61.7 Å². The van der Waals surface area contributed by atoms with Crippen LogP contribution in [0.4, 0.5) is 11.6 Å². The van der Waals surface area contributed by atoms with Crippen molar-refractivity contribution in [1.29, 1.82) is 0 Å². The van der Waals surface area contributed by atoms with Crippen LogP contribution in [0.2, 0.25) is 0 Å². The maximum Gasteiger partial charge on any atom is 0.243 e. The van der Waals surface area contributed by atoms with Crippen LogP contribution >= 0.6 is 0 Å². The van der Waals surface area contributed by atoms with E-state index >= 15 is 0 Å². The van der Waals surface area contributed by atoms with Crippen LogP contribution in [-0.2, 0) is 21.2 Å². The standard InChI is InChI=1S/C25H25N7O3S/c1-18-3-2-4-21(28-18)25-27-12-10-23(31-25)29-22-9-11-26-24(30-22)17-19-5-7-20(8-6-19)36(33,34)32-13-15-35-16-14-32/h2-12H,13-17H2,1H3,(H,26,27,29,30,31). The summed E-state index contributed by atoms with van der Waals surface area (Å²) in [6, 6.07) is 16.1. The summed E-state index contributed by atoms with van der Waals surface area (Å²) >= 11 is 0. The minimum absolute atomic E-state index is 0.271. The second-order valence-electron chi connectivity index (χ2n) is 8.25. The number of hydrogen-bond donors (Lipinski definition) is 1. The molecule has 0 unspecified atom stereocenters. The zero-order chi connectivity index (χ0) is 25.0. The molecular weight excluding hydrogens is 478 g/mol. The van der Waals surface area contributed by atoms with Crippen molar-refractivity contribution in [3.63, 3.8) is 0 Å². The Bertz CT molecular complexity index is 1460. The molecule has 1 aromatic carbocycles. The van der Waals surface area contributed by atoms with E-state index in [1.165, 1.54) is 4.31 Å². The summed E-state index contributed by atoms with van der Waals surface area (Å²) < 4.78 is 32.4. The Morgan fingerprint density at radius 1 is 0.889 bits per heavy atom. The Morgan fingerprint density at radius 3 is 2.36 bits per heavy atom. The lowest BCUT2D eigenvalue weighted by atomic mass is 10.1. The monoisotopic (exact) mass is 503 g/mol. The SMILES string of the molecule is Cc1cccc(-c2nccc(Nc3ccnc(Cc4ccc(S(=O)(=O)N5CCOCC5)cc4)n3)n2)n1. The number of anilines is 2. The summed E-state index contributed by atoms with van der Waals surface area (Å²) in [6.45, 7) is 3.49. The Hall–Kier alpha value is -3.80. The average Bonchev–Trinajstić information content (AvgIpc) is 2.90. The largest absolute Gasteiger partial charge is 0.379 e. The summed E-state index contributed by atoms with van der Waals surface area (Å²) in [7, 11) is -3.52. The summed E-state index contributed by atoms with van der Waals surface area (Å²) in [4.78, 5) is 22.6. The summed E-state index contributed by atoms with van der Waals surface area (Å²) in [5, 5.41) is 3.20. The number of aromatic nitrogens is 5. The normalized spacial score (nSPS) is 14.5. The van der Waals surface area contributed by atoms with Gasteiger partial charge >= 0.3 is 0 Å². The molecule has 0 atom stereocenters. The minimum atomic E-state index is -3.52. The number of rotatable bonds is 7. The van der Waals surface area contributed by atoms with Crippen LogP contribution in [0.1, 0.15) is 17.1 Å². The zero-order valence-electron chi connectivity index (χ0n) is 19.7. The smallest absolute Gasteiger partial charge is 0.243 e. The van der Waals surface area contributed by atoms with Crippen molar-refractivity contribution < 1.29 is 13.2 Å². The highest BCUT2D eigenvalue weighted by molar-refractivity contribution is 7.89. The molecule has 1 fully saturated rings. The Balaban J connectivity index is 1.28. The average molecular weight is 504 g/mol. The van der Waals surface area contributed by atoms with Crippen molar-refractivity contribution in [3.8, 4) is 11.5 Å². The second-order valence-corrected chi connectivity index (χ2v) is 10.2. The maximum atomic E-state index is 12.8. The third kappa shape index (κ3) is 5.54. The first-order valence-electron chi connectivity index (χ1n) is 11.5. The molecule has 184 valence electrons. The van der Waals surface area contributed by atoms with Crippen LogP contribution in [-0.4, -0.2) is 63.9 Å². The van der Waals surface area contributed by atoms with E-state index in [1.54, 1.807) is 48.8 Å². The van der Waals surface area contributed by atoms with Gasteiger partial charge in [-0.3, -0.25) is 0 Å². The number of benzene rings is 1. The lowest BCUT2D eigenvalue weighted by Crippen LogP contribution is -2.40. The van der Waals surface area contributed by atoms with Crippen LogP contribution in [0.5, 0.6) is 0 Å². The minimum Gasteiger partial charge on any atom is -0.379 e. The summed E-state index contributed by atoms with van der Waals surface area (Å²) in [5.41, 5.74) is 2.49. The third-order valence-corrected chi connectivity index (χ3v) is 7.54. The maximum absolute atomic E-state index is 12.8. The van der Waals surface area contributed by atoms with Crippen molar-refractivity contribution in [1.82, 2.24) is 29.2 Å². The molecule has 10 nitrogen and oxygen atoms in total. The molecule has 1 aliphatic rings. The first-order valence-corrected chi connectivity index (χ1v) is 12.9. The van der Waals surface area contributed by atoms with E-state index in [0.717, 1.165) is 11.3 Å². The Morgan fingerprint density at radius 2 is 1.61 bits per heavy atom. The lowest BCUT2D eigenvalue weighted by Gasteiger charge is -2.26. The molecule has 1 N–H and O–H groups in total. The fourth-order valence-corrected chi connectivity index (χ4v) is 5.21. The topological polar surface area (TPSA) is 123 Å². The Kier molecular flexibility index (Phi) is 6.94. The van der Waals surface area contributed by atoms with Gasteiger partial charge < -0.3 is 10.1 Å². The van der Waals surface area contributed by atoms with Gasteiger partial charge in [0.25, 0.3) is 0 Å². The van der Waals surface area contributed by atoms with Crippen molar-refractivity contribution in [2.24, 2.45) is 0 Å². The van der Waals surface area contributed by atoms with Crippen LogP contribution < -0.4 is 5.32 Å². The molecule has 1 aliphatic heterocycles. The molecule has 0 spiro atoms. The first kappa shape index (κ1) is 23.9. The van der Waals surface area contributed by atoms with Gasteiger partial charge in [0.05, 0.1) is 18.1 Å². The molecule has 4 aromatic rings. The fraction of sp³-hybridized carbons (Fsp3) is 0.240. The van der Waals surface area contributed by atoms with Crippen molar-refractivity contribution in [3.05, 3.63) is 84.1 Å². The predicted molar refractivity (Wildman–Crippen MR) is 134 cm³/mol. The summed E-state index contributed by atoms with van der Waals surface area (Å²) in [6.07, 6.45) is 3.80. The van der Waals surface area contributed by atoms with Gasteiger partial charge in [-0.05, 0) is 48.9 Å². The van der Waals surface area contributed by atoms with Gasteiger partial charge in [-0.15, -0.1) is 0 Å². The number of nitrogens with zero attached hydrogens (tertiary/aromatic N) is 6. The number of pyridine rings is 1. The van der Waals surface area contributed by atoms with Gasteiger partial charge in [0.2, 0.25) is 10.0 Å². The quantitative estimate of drug-likeness (QED) is 0.405. The molecule has 5 rings (SSSR count). The molecule has 4 heterocycles. The van der Waals surface area contributed by atoms with Gasteiger partial charge in [0.1, 0.15) is 23.2 Å². The molecule has 0 bridgehead atoms. The van der Waals surface area contributed by atoms with Gasteiger partial charge in [0, 0.05) is 37.6 Å². The number of ether oxygens (including phenoxy) is 1. The van der Waals surface area contributed by atoms with E-state index in [1.807, 2.05) is 25.1 Å². The molecular formula is C25H25N7O3S. The van der Waals surface area contributed by atoms with E-state index < -0.39 is 10.0 Å². The lowest BCUT2D eigenvalue weighted by molar-refractivity contribution is 0.0730. The van der Waals surface area contributed by atoms with Crippen molar-refractivity contribution in [2.75, 3.05) is 31.6 Å². The van der Waals surface area contributed by atoms with Crippen LogP contribution in [0.25, 0.3) is 11.5 Å². The van der Waals surface area contributed by atoms with E-state index in [9.17, 15) is 8.42 Å². The molecule has 0 aliphatic carbocycles. The third-order valence-electron chi connectivity index (χ3n) is 5.63. The highest BCUT2D eigenvalue weighted by Gasteiger charge is 2.26. The van der Waals surface area contributed by atoms with Crippen LogP contribution in [0.15, 0.2) is 71.9 Å². The molecule has 11 heteroatoms. The Labute approximate surface area is 209 Å². The molecule has 1 saturated heterocycles. The first-order chi connectivity index (χ1) is 17.5. The molecule has 0 radical (unpaired) electrons. The van der Waals surface area contributed by atoms with Crippen molar-refractivity contribution in [2.45, 2.75) is 18.2 Å². The molecule has 0 saturated carbocycles.